The Morgan fingerprint density at radius 1 is 1.42 bits per heavy atom. The van der Waals surface area contributed by atoms with Crippen molar-refractivity contribution in [2.45, 2.75) is 19.8 Å². The average molecular weight is 262 g/mol. The van der Waals surface area contributed by atoms with Crippen LogP contribution in [-0.2, 0) is 9.53 Å². The van der Waals surface area contributed by atoms with Crippen LogP contribution in [0.4, 0.5) is 0 Å². The summed E-state index contributed by atoms with van der Waals surface area (Å²) in [5, 5.41) is 0. The van der Waals surface area contributed by atoms with Gasteiger partial charge in [-0.15, -0.1) is 0 Å². The van der Waals surface area contributed by atoms with Crippen molar-refractivity contribution in [1.29, 1.82) is 0 Å². The van der Waals surface area contributed by atoms with Gasteiger partial charge in [0, 0.05) is 25.5 Å². The Bertz CT molecular complexity index is 487. The van der Waals surface area contributed by atoms with E-state index in [1.807, 2.05) is 13.0 Å². The maximum Gasteiger partial charge on any atom is 0.310 e. The molecule has 0 radical (unpaired) electrons. The van der Waals surface area contributed by atoms with Gasteiger partial charge in [-0.25, -0.2) is 0 Å². The highest BCUT2D eigenvalue weighted by atomic mass is 16.5. The number of ether oxygens (including phenoxy) is 1. The second-order valence-corrected chi connectivity index (χ2v) is 4.86. The molecule has 19 heavy (non-hydrogen) atoms. The van der Waals surface area contributed by atoms with Crippen LogP contribution in [0.25, 0.3) is 0 Å². The maximum absolute atomic E-state index is 12.3. The predicted octanol–water partition coefficient (Wildman–Crippen LogP) is 1.42. The summed E-state index contributed by atoms with van der Waals surface area (Å²) < 4.78 is 4.75. The van der Waals surface area contributed by atoms with Crippen LogP contribution < -0.4 is 0 Å². The van der Waals surface area contributed by atoms with Crippen LogP contribution in [0.3, 0.4) is 0 Å². The lowest BCUT2D eigenvalue weighted by atomic mass is 9.97. The Balaban J connectivity index is 2.09. The van der Waals surface area contributed by atoms with Crippen LogP contribution in [0.15, 0.2) is 18.5 Å². The molecule has 0 bridgehead atoms. The van der Waals surface area contributed by atoms with E-state index in [2.05, 4.69) is 4.98 Å². The SMILES string of the molecule is COC(=O)C1CCCN(C(=O)c2cncc(C)c2)C1. The number of piperidine rings is 1. The summed E-state index contributed by atoms with van der Waals surface area (Å²) >= 11 is 0. The van der Waals surface area contributed by atoms with E-state index in [0.29, 0.717) is 18.7 Å². The van der Waals surface area contributed by atoms with Crippen molar-refractivity contribution in [2.24, 2.45) is 5.92 Å². The zero-order valence-electron chi connectivity index (χ0n) is 11.3. The number of hydrogen-bond acceptors (Lipinski definition) is 4. The third kappa shape index (κ3) is 3.10. The first kappa shape index (κ1) is 13.5. The third-order valence-corrected chi connectivity index (χ3v) is 3.37. The van der Waals surface area contributed by atoms with Crippen LogP contribution in [0.5, 0.6) is 0 Å². The summed E-state index contributed by atoms with van der Waals surface area (Å²) in [6.07, 6.45) is 4.88. The number of hydrogen-bond donors (Lipinski definition) is 0. The van der Waals surface area contributed by atoms with Gasteiger partial charge >= 0.3 is 5.97 Å². The van der Waals surface area contributed by atoms with Gasteiger partial charge in [0.05, 0.1) is 18.6 Å². The number of nitrogens with zero attached hydrogens (tertiary/aromatic N) is 2. The molecule has 1 aromatic heterocycles. The molecule has 2 rings (SSSR count). The molecular weight excluding hydrogens is 244 g/mol. The van der Waals surface area contributed by atoms with Crippen molar-refractivity contribution in [3.8, 4) is 0 Å². The summed E-state index contributed by atoms with van der Waals surface area (Å²) in [6, 6.07) is 1.82. The summed E-state index contributed by atoms with van der Waals surface area (Å²) in [5.41, 5.74) is 1.53. The monoisotopic (exact) mass is 262 g/mol. The van der Waals surface area contributed by atoms with E-state index in [-0.39, 0.29) is 17.8 Å². The maximum atomic E-state index is 12.3. The minimum absolute atomic E-state index is 0.0650. The van der Waals surface area contributed by atoms with Crippen LogP contribution >= 0.6 is 0 Å². The van der Waals surface area contributed by atoms with E-state index >= 15 is 0 Å². The second kappa shape index (κ2) is 5.82. The van der Waals surface area contributed by atoms with Gasteiger partial charge in [-0.05, 0) is 31.4 Å². The molecular formula is C14H18N2O3. The number of carbonyl (C=O) groups excluding carboxylic acids is 2. The van der Waals surface area contributed by atoms with Gasteiger partial charge in [0.15, 0.2) is 0 Å². The number of esters is 1. The molecule has 0 aliphatic carbocycles. The topological polar surface area (TPSA) is 59.5 Å². The minimum atomic E-state index is -0.236. The number of likely N-dealkylation sites (tertiary alicyclic amines) is 1. The van der Waals surface area contributed by atoms with E-state index < -0.39 is 0 Å². The molecule has 0 spiro atoms. The fraction of sp³-hybridized carbons (Fsp3) is 0.500. The zero-order valence-corrected chi connectivity index (χ0v) is 11.3. The van der Waals surface area contributed by atoms with Crippen molar-refractivity contribution in [3.63, 3.8) is 0 Å². The molecule has 1 fully saturated rings. The predicted molar refractivity (Wildman–Crippen MR) is 69.6 cm³/mol. The first-order valence-electron chi connectivity index (χ1n) is 6.40. The molecule has 1 amide bonds. The van der Waals surface area contributed by atoms with Crippen LogP contribution in [-0.4, -0.2) is 42.0 Å². The van der Waals surface area contributed by atoms with Gasteiger partial charge in [-0.3, -0.25) is 14.6 Å². The zero-order chi connectivity index (χ0) is 13.8. The largest absolute Gasteiger partial charge is 0.469 e. The van der Waals surface area contributed by atoms with E-state index in [1.54, 1.807) is 17.3 Å². The minimum Gasteiger partial charge on any atom is -0.469 e. The van der Waals surface area contributed by atoms with E-state index in [1.165, 1.54) is 7.11 Å². The van der Waals surface area contributed by atoms with Crippen molar-refractivity contribution in [1.82, 2.24) is 9.88 Å². The van der Waals surface area contributed by atoms with Crippen molar-refractivity contribution in [2.75, 3.05) is 20.2 Å². The van der Waals surface area contributed by atoms with Crippen molar-refractivity contribution in [3.05, 3.63) is 29.6 Å². The smallest absolute Gasteiger partial charge is 0.310 e. The number of pyridine rings is 1. The average Bonchev–Trinajstić information content (AvgIpc) is 2.45. The highest BCUT2D eigenvalue weighted by Crippen LogP contribution is 2.19. The van der Waals surface area contributed by atoms with Crippen molar-refractivity contribution < 1.29 is 14.3 Å². The Kier molecular flexibility index (Phi) is 4.14. The third-order valence-electron chi connectivity index (χ3n) is 3.37. The van der Waals surface area contributed by atoms with Crippen LogP contribution in [0.2, 0.25) is 0 Å². The number of aromatic nitrogens is 1. The van der Waals surface area contributed by atoms with E-state index in [9.17, 15) is 9.59 Å². The molecule has 1 aliphatic rings. The lowest BCUT2D eigenvalue weighted by Crippen LogP contribution is -2.42. The molecule has 2 heterocycles. The van der Waals surface area contributed by atoms with Crippen LogP contribution in [0.1, 0.15) is 28.8 Å². The number of amides is 1. The molecule has 1 saturated heterocycles. The van der Waals surface area contributed by atoms with Gasteiger partial charge < -0.3 is 9.64 Å². The van der Waals surface area contributed by atoms with E-state index in [4.69, 9.17) is 4.74 Å². The molecule has 0 saturated carbocycles. The normalized spacial score (nSPS) is 19.1. The fourth-order valence-corrected chi connectivity index (χ4v) is 2.38. The van der Waals surface area contributed by atoms with Crippen LogP contribution in [0, 0.1) is 12.8 Å². The lowest BCUT2D eigenvalue weighted by molar-refractivity contribution is -0.146. The number of aryl methyl sites for hydroxylation is 1. The summed E-state index contributed by atoms with van der Waals surface area (Å²) in [7, 11) is 1.38. The Hall–Kier alpha value is -1.91. The van der Waals surface area contributed by atoms with Gasteiger partial charge in [0.2, 0.25) is 0 Å². The molecule has 1 aromatic rings. The van der Waals surface area contributed by atoms with Gasteiger partial charge in [-0.2, -0.15) is 0 Å². The van der Waals surface area contributed by atoms with Gasteiger partial charge in [-0.1, -0.05) is 0 Å². The highest BCUT2D eigenvalue weighted by Gasteiger charge is 2.29. The quantitative estimate of drug-likeness (QED) is 0.756. The molecule has 1 unspecified atom stereocenters. The molecule has 5 heteroatoms. The highest BCUT2D eigenvalue weighted by molar-refractivity contribution is 5.94. The number of methoxy groups -OCH3 is 1. The molecule has 5 nitrogen and oxygen atoms in total. The Morgan fingerprint density at radius 3 is 2.89 bits per heavy atom. The molecule has 102 valence electrons. The molecule has 0 N–H and O–H groups in total. The Morgan fingerprint density at radius 2 is 2.21 bits per heavy atom. The molecule has 0 aromatic carbocycles. The summed E-state index contributed by atoms with van der Waals surface area (Å²) in [4.78, 5) is 29.6. The van der Waals surface area contributed by atoms with Gasteiger partial charge in [0.25, 0.3) is 5.91 Å². The standard InChI is InChI=1S/C14H18N2O3/c1-10-6-12(8-15-7-10)13(17)16-5-3-4-11(9-16)14(18)19-2/h6-8,11H,3-5,9H2,1-2H3. The summed E-state index contributed by atoms with van der Waals surface area (Å²) in [5.74, 6) is -0.509. The summed E-state index contributed by atoms with van der Waals surface area (Å²) in [6.45, 7) is 3.01. The van der Waals surface area contributed by atoms with E-state index in [0.717, 1.165) is 18.4 Å². The molecule has 1 aliphatic heterocycles. The van der Waals surface area contributed by atoms with Gasteiger partial charge in [0.1, 0.15) is 0 Å². The fourth-order valence-electron chi connectivity index (χ4n) is 2.38. The first-order valence-corrected chi connectivity index (χ1v) is 6.40. The Labute approximate surface area is 112 Å². The second-order valence-electron chi connectivity index (χ2n) is 4.86. The lowest BCUT2D eigenvalue weighted by Gasteiger charge is -2.31. The molecule has 1 atom stereocenters. The first-order chi connectivity index (χ1) is 9.11. The number of carbonyl (C=O) groups is 2. The number of rotatable bonds is 2. The van der Waals surface area contributed by atoms with Crippen molar-refractivity contribution >= 4 is 11.9 Å².